The van der Waals surface area contributed by atoms with Gasteiger partial charge >= 0.3 is 11.9 Å². The molecular weight excluding hydrogens is 168 g/mol. The molecule has 0 amide bonds. The fraction of sp³-hybridized carbons (Fsp3) is 0.600. The molecule has 0 aliphatic carbocycles. The Morgan fingerprint density at radius 2 is 2.31 bits per heavy atom. The first kappa shape index (κ1) is 9.96. The van der Waals surface area contributed by atoms with Crippen LogP contribution < -0.4 is 0 Å². The van der Waals surface area contributed by atoms with Crippen LogP contribution in [0.3, 0.4) is 0 Å². The van der Waals surface area contributed by atoms with E-state index >= 15 is 0 Å². The molecule has 1 rings (SSSR count). The molecule has 72 valence electrons. The normalized spacial score (nSPS) is 22.7. The van der Waals surface area contributed by atoms with Gasteiger partial charge in [-0.25, -0.2) is 0 Å². The highest BCUT2D eigenvalue weighted by Crippen LogP contribution is 2.21. The molecule has 0 saturated carbocycles. The van der Waals surface area contributed by atoms with Crippen molar-refractivity contribution in [3.63, 3.8) is 0 Å². The molecule has 0 bridgehead atoms. The maximum atomic E-state index is 11.0. The number of esters is 2. The standard InChI is InChI=1S/C10H14O3/c1-2-3-4-5-6-8-7-9(11)13-10(8)12/h2-3,8H,4-7H2,1H3. The predicted octanol–water partition coefficient (Wildman–Crippen LogP) is 1.82. The maximum absolute atomic E-state index is 11.0. The van der Waals surface area contributed by atoms with Crippen LogP contribution in [0.4, 0.5) is 0 Å². The number of hydrogen-bond donors (Lipinski definition) is 0. The van der Waals surface area contributed by atoms with Crippen LogP contribution in [0.2, 0.25) is 0 Å². The quantitative estimate of drug-likeness (QED) is 0.288. The zero-order chi connectivity index (χ0) is 9.68. The Morgan fingerprint density at radius 3 is 2.85 bits per heavy atom. The molecule has 0 spiro atoms. The number of cyclic esters (lactones) is 2. The van der Waals surface area contributed by atoms with Crippen LogP contribution in [0, 0.1) is 5.92 Å². The van der Waals surface area contributed by atoms with E-state index in [0.717, 1.165) is 19.3 Å². The van der Waals surface area contributed by atoms with Crippen LogP contribution in [0.25, 0.3) is 0 Å². The summed E-state index contributed by atoms with van der Waals surface area (Å²) in [6.07, 6.45) is 6.98. The molecular formula is C10H14O3. The van der Waals surface area contributed by atoms with E-state index in [1.54, 1.807) is 0 Å². The average molecular weight is 182 g/mol. The van der Waals surface area contributed by atoms with E-state index in [2.05, 4.69) is 10.8 Å². The summed E-state index contributed by atoms with van der Waals surface area (Å²) in [7, 11) is 0. The summed E-state index contributed by atoms with van der Waals surface area (Å²) >= 11 is 0. The summed E-state index contributed by atoms with van der Waals surface area (Å²) in [5.41, 5.74) is 0. The molecule has 1 unspecified atom stereocenters. The third-order valence-corrected chi connectivity index (χ3v) is 2.12. The van der Waals surface area contributed by atoms with Crippen molar-refractivity contribution >= 4 is 11.9 Å². The van der Waals surface area contributed by atoms with E-state index in [1.165, 1.54) is 0 Å². The third kappa shape index (κ3) is 3.01. The van der Waals surface area contributed by atoms with Crippen molar-refractivity contribution < 1.29 is 14.3 Å². The summed E-state index contributed by atoms with van der Waals surface area (Å²) in [5, 5.41) is 0. The Labute approximate surface area is 77.8 Å². The Bertz CT molecular complexity index is 230. The second kappa shape index (κ2) is 4.80. The predicted molar refractivity (Wildman–Crippen MR) is 47.9 cm³/mol. The number of carbonyl (C=O) groups is 2. The van der Waals surface area contributed by atoms with Gasteiger partial charge in [-0.05, 0) is 26.2 Å². The summed E-state index contributed by atoms with van der Waals surface area (Å²) in [6, 6.07) is 0. The van der Waals surface area contributed by atoms with E-state index in [1.807, 2.05) is 13.0 Å². The van der Waals surface area contributed by atoms with Gasteiger partial charge in [0.25, 0.3) is 0 Å². The highest BCUT2D eigenvalue weighted by Gasteiger charge is 2.32. The monoisotopic (exact) mass is 182 g/mol. The first-order valence-electron chi connectivity index (χ1n) is 4.59. The fourth-order valence-electron chi connectivity index (χ4n) is 1.39. The minimum atomic E-state index is -0.374. The minimum Gasteiger partial charge on any atom is -0.393 e. The van der Waals surface area contributed by atoms with Crippen molar-refractivity contribution in [2.24, 2.45) is 5.92 Å². The molecule has 1 aliphatic rings. The average Bonchev–Trinajstić information content (AvgIpc) is 2.39. The molecule has 0 aromatic rings. The van der Waals surface area contributed by atoms with E-state index in [0.29, 0.717) is 0 Å². The lowest BCUT2D eigenvalue weighted by atomic mass is 10.0. The van der Waals surface area contributed by atoms with Gasteiger partial charge in [-0.15, -0.1) is 0 Å². The first-order valence-corrected chi connectivity index (χ1v) is 4.59. The number of rotatable bonds is 4. The number of hydrogen-bond acceptors (Lipinski definition) is 3. The second-order valence-corrected chi connectivity index (χ2v) is 3.19. The molecule has 0 aromatic carbocycles. The first-order chi connectivity index (χ1) is 6.24. The molecule has 3 heteroatoms. The Hall–Kier alpha value is -1.12. The van der Waals surface area contributed by atoms with E-state index in [4.69, 9.17) is 0 Å². The van der Waals surface area contributed by atoms with Crippen molar-refractivity contribution in [1.29, 1.82) is 0 Å². The van der Waals surface area contributed by atoms with Crippen molar-refractivity contribution in [3.8, 4) is 0 Å². The van der Waals surface area contributed by atoms with Gasteiger partial charge < -0.3 is 4.74 Å². The van der Waals surface area contributed by atoms with Crippen LogP contribution in [0.15, 0.2) is 12.2 Å². The van der Waals surface area contributed by atoms with Crippen LogP contribution >= 0.6 is 0 Å². The highest BCUT2D eigenvalue weighted by molar-refractivity contribution is 5.94. The second-order valence-electron chi connectivity index (χ2n) is 3.19. The molecule has 0 N–H and O–H groups in total. The highest BCUT2D eigenvalue weighted by atomic mass is 16.6. The lowest BCUT2D eigenvalue weighted by molar-refractivity contribution is -0.153. The molecule has 0 aromatic heterocycles. The molecule has 1 aliphatic heterocycles. The van der Waals surface area contributed by atoms with Crippen molar-refractivity contribution in [2.45, 2.75) is 32.6 Å². The topological polar surface area (TPSA) is 43.4 Å². The maximum Gasteiger partial charge on any atom is 0.317 e. The van der Waals surface area contributed by atoms with Crippen LogP contribution in [-0.4, -0.2) is 11.9 Å². The van der Waals surface area contributed by atoms with Crippen molar-refractivity contribution in [3.05, 3.63) is 12.2 Å². The van der Waals surface area contributed by atoms with Crippen LogP contribution in [0.5, 0.6) is 0 Å². The largest absolute Gasteiger partial charge is 0.393 e. The van der Waals surface area contributed by atoms with Crippen molar-refractivity contribution in [2.75, 3.05) is 0 Å². The van der Waals surface area contributed by atoms with Gasteiger partial charge in [0.2, 0.25) is 0 Å². The molecule has 0 radical (unpaired) electrons. The van der Waals surface area contributed by atoms with Gasteiger partial charge in [0.1, 0.15) is 0 Å². The molecule has 1 fully saturated rings. The summed E-state index contributed by atoms with van der Waals surface area (Å²) < 4.78 is 4.43. The Kier molecular flexibility index (Phi) is 3.68. The number of carbonyl (C=O) groups excluding carboxylic acids is 2. The summed E-state index contributed by atoms with van der Waals surface area (Å²) in [6.45, 7) is 1.97. The van der Waals surface area contributed by atoms with Gasteiger partial charge in [-0.2, -0.15) is 0 Å². The number of allylic oxidation sites excluding steroid dienone is 2. The number of unbranched alkanes of at least 4 members (excludes halogenated alkanes) is 1. The summed E-state index contributed by atoms with van der Waals surface area (Å²) in [5.74, 6) is -0.899. The van der Waals surface area contributed by atoms with E-state index < -0.39 is 0 Å². The third-order valence-electron chi connectivity index (χ3n) is 2.12. The van der Waals surface area contributed by atoms with Crippen LogP contribution in [-0.2, 0) is 14.3 Å². The zero-order valence-electron chi connectivity index (χ0n) is 7.79. The van der Waals surface area contributed by atoms with Gasteiger partial charge in [-0.1, -0.05) is 12.2 Å². The molecule has 1 saturated heterocycles. The SMILES string of the molecule is CC=CCCCC1CC(=O)OC1=O. The summed E-state index contributed by atoms with van der Waals surface area (Å²) in [4.78, 5) is 21.7. The Balaban J connectivity index is 2.22. The minimum absolute atomic E-state index is 0.183. The van der Waals surface area contributed by atoms with E-state index in [-0.39, 0.29) is 24.3 Å². The smallest absolute Gasteiger partial charge is 0.317 e. The van der Waals surface area contributed by atoms with Crippen LogP contribution in [0.1, 0.15) is 32.6 Å². The van der Waals surface area contributed by atoms with Crippen molar-refractivity contribution in [1.82, 2.24) is 0 Å². The molecule has 1 heterocycles. The fourth-order valence-corrected chi connectivity index (χ4v) is 1.39. The molecule has 1 atom stereocenters. The molecule has 13 heavy (non-hydrogen) atoms. The van der Waals surface area contributed by atoms with E-state index in [9.17, 15) is 9.59 Å². The van der Waals surface area contributed by atoms with Gasteiger partial charge in [0.05, 0.1) is 12.3 Å². The molecule has 3 nitrogen and oxygen atoms in total. The van der Waals surface area contributed by atoms with Gasteiger partial charge in [0, 0.05) is 0 Å². The number of ether oxygens (including phenoxy) is 1. The lowest BCUT2D eigenvalue weighted by Crippen LogP contribution is -2.06. The zero-order valence-corrected chi connectivity index (χ0v) is 7.79. The van der Waals surface area contributed by atoms with Gasteiger partial charge in [0.15, 0.2) is 0 Å². The Morgan fingerprint density at radius 1 is 1.54 bits per heavy atom. The van der Waals surface area contributed by atoms with Gasteiger partial charge in [-0.3, -0.25) is 9.59 Å². The lowest BCUT2D eigenvalue weighted by Gasteiger charge is -2.00.